The third-order valence-corrected chi connectivity index (χ3v) is 7.26. The van der Waals surface area contributed by atoms with Crippen LogP contribution in [-0.4, -0.2) is 28.1 Å². The predicted octanol–water partition coefficient (Wildman–Crippen LogP) is 6.89. The summed E-state index contributed by atoms with van der Waals surface area (Å²) in [5.74, 6) is -4.19. The molecule has 40 heavy (non-hydrogen) atoms. The van der Waals surface area contributed by atoms with Crippen LogP contribution in [0.15, 0.2) is 107 Å². The second kappa shape index (κ2) is 13.7. The molecule has 0 radical (unpaired) electrons. The molecule has 7 nitrogen and oxygen atoms in total. The number of benzene rings is 4. The van der Waals surface area contributed by atoms with Gasteiger partial charge in [-0.3, -0.25) is 14.4 Å². The second-order valence-corrected chi connectivity index (χ2v) is 10.4. The Hall–Kier alpha value is -4.27. The van der Waals surface area contributed by atoms with E-state index in [0.29, 0.717) is 23.7 Å². The fourth-order valence-electron chi connectivity index (χ4n) is 3.96. The highest BCUT2D eigenvalue weighted by Gasteiger charge is 2.28. The van der Waals surface area contributed by atoms with E-state index in [0.717, 1.165) is 26.7 Å². The summed E-state index contributed by atoms with van der Waals surface area (Å²) in [6.45, 7) is 0.486. The number of carbonyl (C=O) groups is 3. The topological polar surface area (TPSA) is 113 Å². The SMILES string of the molecule is O=C(CCc1ccc(Sc2cccc(OCc3ccccc3)c2)cc1Cl)Nc1cccc(C(C(=O)O)C(=O)O)c1. The Morgan fingerprint density at radius 1 is 0.825 bits per heavy atom. The number of anilines is 1. The van der Waals surface area contributed by atoms with Crippen LogP contribution in [-0.2, 0) is 27.4 Å². The lowest BCUT2D eigenvalue weighted by Crippen LogP contribution is -2.21. The van der Waals surface area contributed by atoms with Gasteiger partial charge in [-0.2, -0.15) is 0 Å². The van der Waals surface area contributed by atoms with Crippen LogP contribution in [0, 0.1) is 0 Å². The van der Waals surface area contributed by atoms with Gasteiger partial charge >= 0.3 is 11.9 Å². The highest BCUT2D eigenvalue weighted by molar-refractivity contribution is 7.99. The molecule has 0 atom stereocenters. The number of carboxylic acid groups (broad SMARTS) is 2. The van der Waals surface area contributed by atoms with Crippen molar-refractivity contribution < 1.29 is 29.3 Å². The summed E-state index contributed by atoms with van der Waals surface area (Å²) >= 11 is 8.07. The first-order valence-corrected chi connectivity index (χ1v) is 13.6. The molecule has 4 aromatic carbocycles. The highest BCUT2D eigenvalue weighted by Crippen LogP contribution is 2.33. The first kappa shape index (κ1) is 28.7. The first-order valence-electron chi connectivity index (χ1n) is 12.4. The normalized spacial score (nSPS) is 10.8. The van der Waals surface area contributed by atoms with E-state index in [4.69, 9.17) is 16.3 Å². The van der Waals surface area contributed by atoms with E-state index in [1.54, 1.807) is 17.8 Å². The fraction of sp³-hybridized carbons (Fsp3) is 0.129. The summed E-state index contributed by atoms with van der Waals surface area (Å²) in [5, 5.41) is 21.6. The van der Waals surface area contributed by atoms with E-state index in [9.17, 15) is 24.6 Å². The highest BCUT2D eigenvalue weighted by atomic mass is 35.5. The Kier molecular flexibility index (Phi) is 9.83. The van der Waals surface area contributed by atoms with E-state index in [2.05, 4.69) is 5.32 Å². The van der Waals surface area contributed by atoms with Gasteiger partial charge in [0, 0.05) is 26.9 Å². The van der Waals surface area contributed by atoms with Gasteiger partial charge in [0.15, 0.2) is 5.92 Å². The van der Waals surface area contributed by atoms with Gasteiger partial charge in [0.05, 0.1) is 0 Å². The van der Waals surface area contributed by atoms with Crippen molar-refractivity contribution in [3.63, 3.8) is 0 Å². The van der Waals surface area contributed by atoms with Gasteiger partial charge in [0.2, 0.25) is 5.91 Å². The monoisotopic (exact) mass is 575 g/mol. The minimum absolute atomic E-state index is 0.0715. The molecule has 4 rings (SSSR count). The van der Waals surface area contributed by atoms with Crippen molar-refractivity contribution in [2.24, 2.45) is 0 Å². The maximum atomic E-state index is 12.5. The van der Waals surface area contributed by atoms with E-state index >= 15 is 0 Å². The zero-order valence-electron chi connectivity index (χ0n) is 21.2. The largest absolute Gasteiger partial charge is 0.489 e. The van der Waals surface area contributed by atoms with Gasteiger partial charge in [-0.15, -0.1) is 0 Å². The van der Waals surface area contributed by atoms with Crippen LogP contribution in [0.4, 0.5) is 5.69 Å². The number of aryl methyl sites for hydroxylation is 1. The summed E-state index contributed by atoms with van der Waals surface area (Å²) in [4.78, 5) is 37.1. The number of aliphatic carboxylic acids is 2. The summed E-state index contributed by atoms with van der Waals surface area (Å²) in [5.41, 5.74) is 2.30. The zero-order chi connectivity index (χ0) is 28.5. The Labute approximate surface area is 240 Å². The Balaban J connectivity index is 1.32. The summed E-state index contributed by atoms with van der Waals surface area (Å²) in [7, 11) is 0. The molecule has 0 saturated carbocycles. The number of nitrogens with one attached hydrogen (secondary N) is 1. The third-order valence-electron chi connectivity index (χ3n) is 5.93. The molecular weight excluding hydrogens is 550 g/mol. The molecule has 0 spiro atoms. The number of hydrogen-bond donors (Lipinski definition) is 3. The van der Waals surface area contributed by atoms with Crippen molar-refractivity contribution in [1.29, 1.82) is 0 Å². The van der Waals surface area contributed by atoms with Crippen molar-refractivity contribution in [2.75, 3.05) is 5.32 Å². The molecule has 0 aliphatic heterocycles. The lowest BCUT2D eigenvalue weighted by molar-refractivity contribution is -0.150. The van der Waals surface area contributed by atoms with Crippen molar-refractivity contribution >= 4 is 46.9 Å². The number of halogens is 1. The number of carbonyl (C=O) groups excluding carboxylic acids is 1. The minimum atomic E-state index is -1.71. The molecule has 1 amide bonds. The van der Waals surface area contributed by atoms with E-state index in [1.165, 1.54) is 18.2 Å². The summed E-state index contributed by atoms with van der Waals surface area (Å²) in [6, 6.07) is 29.3. The molecule has 9 heteroatoms. The molecular formula is C31H26ClNO6S. The summed E-state index contributed by atoms with van der Waals surface area (Å²) < 4.78 is 5.92. The molecule has 0 bridgehead atoms. The van der Waals surface area contributed by atoms with Crippen molar-refractivity contribution in [2.45, 2.75) is 35.2 Å². The van der Waals surface area contributed by atoms with Crippen molar-refractivity contribution in [3.05, 3.63) is 119 Å². The van der Waals surface area contributed by atoms with Gasteiger partial charge in [0.1, 0.15) is 12.4 Å². The van der Waals surface area contributed by atoms with Crippen molar-refractivity contribution in [3.8, 4) is 5.75 Å². The maximum Gasteiger partial charge on any atom is 0.322 e. The van der Waals surface area contributed by atoms with Crippen LogP contribution in [0.5, 0.6) is 5.75 Å². The summed E-state index contributed by atoms with van der Waals surface area (Å²) in [6.07, 6.45) is 0.531. The molecule has 0 unspecified atom stereocenters. The number of amides is 1. The number of rotatable bonds is 12. The van der Waals surface area contributed by atoms with Gasteiger partial charge in [0.25, 0.3) is 0 Å². The Bertz CT molecular complexity index is 1500. The van der Waals surface area contributed by atoms with Gasteiger partial charge in [-0.25, -0.2) is 0 Å². The van der Waals surface area contributed by atoms with Crippen LogP contribution in [0.25, 0.3) is 0 Å². The van der Waals surface area contributed by atoms with Crippen LogP contribution < -0.4 is 10.1 Å². The van der Waals surface area contributed by atoms with E-state index in [-0.39, 0.29) is 17.9 Å². The fourth-order valence-corrected chi connectivity index (χ4v) is 5.20. The average Bonchev–Trinajstić information content (AvgIpc) is 2.92. The van der Waals surface area contributed by atoms with Gasteiger partial charge in [-0.05, 0) is 65.6 Å². The molecule has 3 N–H and O–H groups in total. The smallest absolute Gasteiger partial charge is 0.322 e. The molecule has 204 valence electrons. The molecule has 0 fully saturated rings. The maximum absolute atomic E-state index is 12.5. The lowest BCUT2D eigenvalue weighted by atomic mass is 9.99. The van der Waals surface area contributed by atoms with Crippen LogP contribution >= 0.6 is 23.4 Å². The Morgan fingerprint density at radius 2 is 1.55 bits per heavy atom. The average molecular weight is 576 g/mol. The number of hydrogen-bond acceptors (Lipinski definition) is 5. The number of carboxylic acids is 2. The van der Waals surface area contributed by atoms with Crippen LogP contribution in [0.1, 0.15) is 29.0 Å². The third kappa shape index (κ3) is 8.11. The second-order valence-electron chi connectivity index (χ2n) is 8.89. The molecule has 0 aromatic heterocycles. The molecule has 0 aliphatic carbocycles. The van der Waals surface area contributed by atoms with Crippen LogP contribution in [0.2, 0.25) is 5.02 Å². The van der Waals surface area contributed by atoms with Gasteiger partial charge in [-0.1, -0.05) is 78.0 Å². The van der Waals surface area contributed by atoms with Crippen LogP contribution in [0.3, 0.4) is 0 Å². The molecule has 0 saturated heterocycles. The van der Waals surface area contributed by atoms with Crippen molar-refractivity contribution in [1.82, 2.24) is 0 Å². The zero-order valence-corrected chi connectivity index (χ0v) is 22.8. The van der Waals surface area contributed by atoms with Gasteiger partial charge < -0.3 is 20.3 Å². The van der Waals surface area contributed by atoms with E-state index in [1.807, 2.05) is 72.8 Å². The standard InChI is InChI=1S/C31H26ClNO6S/c32-27-18-26(40-25-11-5-10-24(17-25)39-19-20-6-2-1-3-7-20)14-12-21(27)13-15-28(34)33-23-9-4-8-22(16-23)29(30(35)36)31(37)38/h1-12,14,16-18,29H,13,15,19H2,(H,33,34)(H,35,36)(H,37,38). The molecule has 4 aromatic rings. The minimum Gasteiger partial charge on any atom is -0.489 e. The van der Waals surface area contributed by atoms with E-state index < -0.39 is 17.9 Å². The predicted molar refractivity (Wildman–Crippen MR) is 154 cm³/mol. The lowest BCUT2D eigenvalue weighted by Gasteiger charge is -2.11. The molecule has 0 aliphatic rings. The quantitative estimate of drug-likeness (QED) is 0.158. The first-order chi connectivity index (χ1) is 19.3. The molecule has 0 heterocycles. The Morgan fingerprint density at radius 3 is 2.27 bits per heavy atom. The number of ether oxygens (including phenoxy) is 1.